The number of nitrogens with two attached hydrogens (primary N) is 1. The molecule has 3 aliphatic rings. The smallest absolute Gasteiger partial charge is 0.249 e. The van der Waals surface area contributed by atoms with Crippen LogP contribution in [-0.2, 0) is 11.2 Å². The SMILES string of the molecule is COc1ccc(Cc2csc(NC(=O)C3(C)CC4c5ccccc5C3c3cccc(C(N)=O)c34)n2)cc1. The summed E-state index contributed by atoms with van der Waals surface area (Å²) in [6, 6.07) is 21.9. The van der Waals surface area contributed by atoms with Crippen LogP contribution in [0.3, 0.4) is 0 Å². The van der Waals surface area contributed by atoms with E-state index >= 15 is 0 Å². The van der Waals surface area contributed by atoms with E-state index in [4.69, 9.17) is 15.5 Å². The fraction of sp³-hybridized carbons (Fsp3) is 0.233. The van der Waals surface area contributed by atoms with Crippen LogP contribution in [0.1, 0.15) is 69.0 Å². The van der Waals surface area contributed by atoms with Gasteiger partial charge in [0.1, 0.15) is 5.75 Å². The first-order valence-corrected chi connectivity index (χ1v) is 13.2. The number of nitrogens with zero attached hydrogens (tertiary/aromatic N) is 1. The summed E-state index contributed by atoms with van der Waals surface area (Å²) in [6.07, 6.45) is 1.27. The maximum Gasteiger partial charge on any atom is 0.249 e. The largest absolute Gasteiger partial charge is 0.497 e. The van der Waals surface area contributed by atoms with Gasteiger partial charge >= 0.3 is 0 Å². The Balaban J connectivity index is 1.30. The molecule has 2 amide bonds. The summed E-state index contributed by atoms with van der Waals surface area (Å²) < 4.78 is 5.23. The van der Waals surface area contributed by atoms with E-state index in [0.717, 1.165) is 33.7 Å². The van der Waals surface area contributed by atoms with E-state index in [2.05, 4.69) is 17.4 Å². The average molecular weight is 510 g/mol. The summed E-state index contributed by atoms with van der Waals surface area (Å²) in [6.45, 7) is 2.03. The molecular formula is C30H27N3O3S. The second-order valence-electron chi connectivity index (χ2n) is 10.0. The molecule has 1 heterocycles. The number of amides is 2. The summed E-state index contributed by atoms with van der Waals surface area (Å²) in [4.78, 5) is 30.9. The highest BCUT2D eigenvalue weighted by atomic mass is 32.1. The van der Waals surface area contributed by atoms with Crippen LogP contribution in [0.25, 0.3) is 0 Å². The molecule has 3 aliphatic carbocycles. The highest BCUT2D eigenvalue weighted by Crippen LogP contribution is 2.61. The van der Waals surface area contributed by atoms with Crippen LogP contribution in [0.2, 0.25) is 0 Å². The number of nitrogens with one attached hydrogen (secondary N) is 1. The van der Waals surface area contributed by atoms with Gasteiger partial charge in [0.05, 0.1) is 18.2 Å². The van der Waals surface area contributed by atoms with Crippen molar-refractivity contribution in [3.05, 3.63) is 111 Å². The lowest BCUT2D eigenvalue weighted by Gasteiger charge is -2.51. The Bertz CT molecular complexity index is 1530. The molecule has 0 spiro atoms. The minimum atomic E-state index is -0.704. The maximum absolute atomic E-state index is 13.9. The molecule has 0 aliphatic heterocycles. The number of carbonyl (C=O) groups excluding carboxylic acids is 2. The van der Waals surface area contributed by atoms with Gasteiger partial charge in [-0.3, -0.25) is 9.59 Å². The number of hydrogen-bond donors (Lipinski definition) is 2. The number of fused-ring (bicyclic) bond motifs is 1. The van der Waals surface area contributed by atoms with E-state index in [1.165, 1.54) is 16.9 Å². The highest BCUT2D eigenvalue weighted by molar-refractivity contribution is 7.13. The molecular weight excluding hydrogens is 482 g/mol. The third-order valence-electron chi connectivity index (χ3n) is 7.85. The Morgan fingerprint density at radius 1 is 1.05 bits per heavy atom. The van der Waals surface area contributed by atoms with Crippen molar-refractivity contribution in [2.24, 2.45) is 11.1 Å². The summed E-state index contributed by atoms with van der Waals surface area (Å²) in [5.74, 6) is 0.0769. The van der Waals surface area contributed by atoms with Crippen molar-refractivity contribution in [2.45, 2.75) is 31.6 Å². The fourth-order valence-electron chi connectivity index (χ4n) is 6.15. The molecule has 4 aromatic rings. The van der Waals surface area contributed by atoms with Gasteiger partial charge in [0.15, 0.2) is 5.13 Å². The van der Waals surface area contributed by atoms with Crippen LogP contribution in [0.5, 0.6) is 5.75 Å². The standard InChI is InChI=1S/C30H27N3O3S/c1-30(28(35)33-29-32-18(16-37-29)14-17-10-12-19(36-2)13-11-17)15-24-20-6-3-4-7-21(20)26(30)22-8-5-9-23(25(22)24)27(31)34/h3-13,16,24,26H,14-15H2,1-2H3,(H2,31,34)(H,32,33,35). The predicted molar refractivity (Wildman–Crippen MR) is 144 cm³/mol. The van der Waals surface area contributed by atoms with E-state index in [9.17, 15) is 9.59 Å². The molecule has 0 radical (unpaired) electrons. The van der Waals surface area contributed by atoms with Gasteiger partial charge in [-0.15, -0.1) is 11.3 Å². The van der Waals surface area contributed by atoms with E-state index in [1.54, 1.807) is 13.2 Å². The Morgan fingerprint density at radius 2 is 1.78 bits per heavy atom. The normalized spacial score (nSPS) is 21.1. The summed E-state index contributed by atoms with van der Waals surface area (Å²) >= 11 is 1.44. The fourth-order valence-corrected chi connectivity index (χ4v) is 6.86. The number of hydrogen-bond acceptors (Lipinski definition) is 5. The zero-order valence-corrected chi connectivity index (χ0v) is 21.5. The van der Waals surface area contributed by atoms with Gasteiger partial charge in [-0.25, -0.2) is 4.98 Å². The molecule has 3 atom stereocenters. The second-order valence-corrected chi connectivity index (χ2v) is 10.9. The third kappa shape index (κ3) is 3.81. The maximum atomic E-state index is 13.9. The topological polar surface area (TPSA) is 94.3 Å². The Kier molecular flexibility index (Phi) is 5.60. The zero-order chi connectivity index (χ0) is 25.7. The van der Waals surface area contributed by atoms with Gasteiger partial charge in [0.2, 0.25) is 11.8 Å². The lowest BCUT2D eigenvalue weighted by atomic mass is 9.52. The molecule has 37 heavy (non-hydrogen) atoms. The first-order chi connectivity index (χ1) is 17.9. The number of rotatable bonds is 6. The number of anilines is 1. The van der Waals surface area contributed by atoms with E-state index < -0.39 is 11.3 Å². The quantitative estimate of drug-likeness (QED) is 0.361. The van der Waals surface area contributed by atoms with Crippen molar-refractivity contribution in [1.29, 1.82) is 0 Å². The molecule has 2 bridgehead atoms. The van der Waals surface area contributed by atoms with Gasteiger partial charge in [-0.1, -0.05) is 48.5 Å². The van der Waals surface area contributed by atoms with Crippen molar-refractivity contribution in [2.75, 3.05) is 12.4 Å². The Labute approximate surface area is 219 Å². The molecule has 0 fully saturated rings. The number of methoxy groups -OCH3 is 1. The van der Waals surface area contributed by atoms with Crippen LogP contribution in [0.15, 0.2) is 72.1 Å². The van der Waals surface area contributed by atoms with E-state index in [1.807, 2.05) is 60.8 Å². The summed E-state index contributed by atoms with van der Waals surface area (Å²) in [7, 11) is 1.65. The monoisotopic (exact) mass is 509 g/mol. The minimum absolute atomic E-state index is 0.0579. The van der Waals surface area contributed by atoms with Crippen LogP contribution in [0, 0.1) is 5.41 Å². The first kappa shape index (κ1) is 23.4. The van der Waals surface area contributed by atoms with Crippen LogP contribution < -0.4 is 15.8 Å². The first-order valence-electron chi connectivity index (χ1n) is 12.3. The summed E-state index contributed by atoms with van der Waals surface area (Å²) in [5, 5.41) is 5.70. The second kappa shape index (κ2) is 8.85. The lowest BCUT2D eigenvalue weighted by molar-refractivity contribution is -0.126. The van der Waals surface area contributed by atoms with Gasteiger partial charge in [-0.05, 0) is 59.4 Å². The van der Waals surface area contributed by atoms with E-state index in [-0.39, 0.29) is 17.7 Å². The van der Waals surface area contributed by atoms with Gasteiger partial charge in [0.25, 0.3) is 0 Å². The number of carbonyl (C=O) groups is 2. The third-order valence-corrected chi connectivity index (χ3v) is 8.65. The van der Waals surface area contributed by atoms with Gasteiger partial charge < -0.3 is 15.8 Å². The van der Waals surface area contributed by atoms with Crippen LogP contribution in [0.4, 0.5) is 5.13 Å². The number of thiazole rings is 1. The van der Waals surface area contributed by atoms with Gasteiger partial charge in [-0.2, -0.15) is 0 Å². The minimum Gasteiger partial charge on any atom is -0.497 e. The van der Waals surface area contributed by atoms with Crippen LogP contribution in [-0.4, -0.2) is 23.9 Å². The molecule has 7 rings (SSSR count). The molecule has 0 saturated heterocycles. The number of ether oxygens (including phenoxy) is 1. The van der Waals surface area contributed by atoms with Crippen molar-refractivity contribution in [3.63, 3.8) is 0 Å². The molecule has 3 aromatic carbocycles. The Hall–Kier alpha value is -3.97. The summed E-state index contributed by atoms with van der Waals surface area (Å²) in [5.41, 5.74) is 11.9. The number of benzene rings is 3. The molecule has 3 unspecified atom stereocenters. The zero-order valence-electron chi connectivity index (χ0n) is 20.7. The Morgan fingerprint density at radius 3 is 2.51 bits per heavy atom. The van der Waals surface area contributed by atoms with E-state index in [0.29, 0.717) is 23.5 Å². The van der Waals surface area contributed by atoms with Crippen LogP contribution >= 0.6 is 11.3 Å². The predicted octanol–water partition coefficient (Wildman–Crippen LogP) is 5.47. The molecule has 3 N–H and O–H groups in total. The highest BCUT2D eigenvalue weighted by Gasteiger charge is 2.54. The molecule has 186 valence electrons. The van der Waals surface area contributed by atoms with Gasteiger partial charge in [0, 0.05) is 29.2 Å². The molecule has 7 heteroatoms. The van der Waals surface area contributed by atoms with Crippen molar-refractivity contribution < 1.29 is 14.3 Å². The molecule has 1 aromatic heterocycles. The molecule has 0 saturated carbocycles. The van der Waals surface area contributed by atoms with Crippen molar-refractivity contribution in [3.8, 4) is 5.75 Å². The number of primary amides is 1. The average Bonchev–Trinajstić information content (AvgIpc) is 3.35. The lowest BCUT2D eigenvalue weighted by Crippen LogP contribution is -2.47. The van der Waals surface area contributed by atoms with Crippen molar-refractivity contribution in [1.82, 2.24) is 4.98 Å². The number of aromatic nitrogens is 1. The molecule has 6 nitrogen and oxygen atoms in total. The van der Waals surface area contributed by atoms with Crippen molar-refractivity contribution >= 4 is 28.3 Å².